The highest BCUT2D eigenvalue weighted by Crippen LogP contribution is 2.23. The Morgan fingerprint density at radius 1 is 1.53 bits per heavy atom. The molecule has 2 N–H and O–H groups in total. The van der Waals surface area contributed by atoms with Gasteiger partial charge in [0.25, 0.3) is 0 Å². The quantitative estimate of drug-likeness (QED) is 0.804. The smallest absolute Gasteiger partial charge is 0.170 e. The van der Waals surface area contributed by atoms with Gasteiger partial charge in [-0.2, -0.15) is 10.4 Å². The molecule has 0 amide bonds. The van der Waals surface area contributed by atoms with E-state index in [1.807, 2.05) is 14.1 Å². The average Bonchev–Trinajstić information content (AvgIpc) is 2.43. The first-order chi connectivity index (χ1) is 6.97. The second-order valence-corrected chi connectivity index (χ2v) is 4.17. The second-order valence-electron chi connectivity index (χ2n) is 4.17. The lowest BCUT2D eigenvalue weighted by atomic mass is 10.2. The number of hydrogen-bond acceptors (Lipinski definition) is 4. The summed E-state index contributed by atoms with van der Waals surface area (Å²) in [7, 11) is 3.70. The fourth-order valence-corrected chi connectivity index (χ4v) is 1.37. The van der Waals surface area contributed by atoms with Crippen LogP contribution in [0, 0.1) is 17.2 Å². The number of nitriles is 1. The van der Waals surface area contributed by atoms with Gasteiger partial charge in [-0.3, -0.25) is 0 Å². The molecule has 0 saturated heterocycles. The minimum atomic E-state index is 0.453. The zero-order valence-corrected chi connectivity index (χ0v) is 9.65. The standard InChI is InChI=1S/C10H17N5/c1-7(2)6-15-9(12)8(5-11)10(13-15)14(3)4/h7H,6,12H2,1-4H3. The minimum Gasteiger partial charge on any atom is -0.383 e. The fraction of sp³-hybridized carbons (Fsp3) is 0.600. The van der Waals surface area contributed by atoms with Gasteiger partial charge in [-0.25, -0.2) is 4.68 Å². The molecule has 0 saturated carbocycles. The molecule has 0 aliphatic rings. The third-order valence-corrected chi connectivity index (χ3v) is 2.05. The molecule has 1 aromatic heterocycles. The Morgan fingerprint density at radius 3 is 2.47 bits per heavy atom. The largest absolute Gasteiger partial charge is 0.383 e. The third kappa shape index (κ3) is 2.21. The summed E-state index contributed by atoms with van der Waals surface area (Å²) in [5.74, 6) is 1.54. The Hall–Kier alpha value is -1.70. The maximum absolute atomic E-state index is 8.99. The second kappa shape index (κ2) is 4.22. The molecule has 0 radical (unpaired) electrons. The van der Waals surface area contributed by atoms with E-state index in [1.54, 1.807) is 9.58 Å². The Labute approximate surface area is 90.1 Å². The first-order valence-electron chi connectivity index (χ1n) is 4.91. The molecule has 0 atom stereocenters. The van der Waals surface area contributed by atoms with Crippen LogP contribution in [0.25, 0.3) is 0 Å². The number of aromatic nitrogens is 2. The zero-order chi connectivity index (χ0) is 11.6. The van der Waals surface area contributed by atoms with Crippen molar-refractivity contribution >= 4 is 11.6 Å². The van der Waals surface area contributed by atoms with Gasteiger partial charge in [0.2, 0.25) is 0 Å². The summed E-state index contributed by atoms with van der Waals surface area (Å²) >= 11 is 0. The summed E-state index contributed by atoms with van der Waals surface area (Å²) in [5, 5.41) is 13.3. The summed E-state index contributed by atoms with van der Waals surface area (Å²) in [6.45, 7) is 4.90. The first kappa shape index (κ1) is 11.4. The van der Waals surface area contributed by atoms with Crippen LogP contribution in [-0.2, 0) is 6.54 Å². The molecule has 0 aliphatic carbocycles. The highest BCUT2D eigenvalue weighted by atomic mass is 15.4. The van der Waals surface area contributed by atoms with Crippen molar-refractivity contribution in [3.05, 3.63) is 5.56 Å². The molecule has 5 heteroatoms. The number of nitrogens with two attached hydrogens (primary N) is 1. The Kier molecular flexibility index (Phi) is 3.20. The molecule has 1 heterocycles. The van der Waals surface area contributed by atoms with E-state index in [1.165, 1.54) is 0 Å². The van der Waals surface area contributed by atoms with E-state index in [0.29, 0.717) is 23.1 Å². The van der Waals surface area contributed by atoms with Gasteiger partial charge < -0.3 is 10.6 Å². The summed E-state index contributed by atoms with van der Waals surface area (Å²) in [5.41, 5.74) is 6.31. The molecular weight excluding hydrogens is 190 g/mol. The van der Waals surface area contributed by atoms with Crippen LogP contribution >= 0.6 is 0 Å². The van der Waals surface area contributed by atoms with Crippen LogP contribution in [-0.4, -0.2) is 23.9 Å². The summed E-state index contributed by atoms with van der Waals surface area (Å²) in [6.07, 6.45) is 0. The monoisotopic (exact) mass is 207 g/mol. The van der Waals surface area contributed by atoms with Gasteiger partial charge in [0, 0.05) is 20.6 Å². The maximum Gasteiger partial charge on any atom is 0.170 e. The number of rotatable bonds is 3. The molecule has 1 rings (SSSR count). The summed E-state index contributed by atoms with van der Waals surface area (Å²) in [6, 6.07) is 2.09. The van der Waals surface area contributed by atoms with E-state index < -0.39 is 0 Å². The molecule has 5 nitrogen and oxygen atoms in total. The predicted octanol–water partition coefficient (Wildman–Crippen LogP) is 1.06. The molecule has 0 fully saturated rings. The van der Waals surface area contributed by atoms with Gasteiger partial charge >= 0.3 is 0 Å². The van der Waals surface area contributed by atoms with E-state index in [2.05, 4.69) is 25.0 Å². The molecule has 82 valence electrons. The SMILES string of the molecule is CC(C)Cn1nc(N(C)C)c(C#N)c1N. The van der Waals surface area contributed by atoms with Crippen molar-refractivity contribution < 1.29 is 0 Å². The van der Waals surface area contributed by atoms with Gasteiger partial charge in [0.1, 0.15) is 17.5 Å². The van der Waals surface area contributed by atoms with Gasteiger partial charge in [0.05, 0.1) is 0 Å². The van der Waals surface area contributed by atoms with Crippen LogP contribution in [0.5, 0.6) is 0 Å². The van der Waals surface area contributed by atoms with Crippen molar-refractivity contribution in [1.29, 1.82) is 5.26 Å². The highest BCUT2D eigenvalue weighted by Gasteiger charge is 2.16. The van der Waals surface area contributed by atoms with Gasteiger partial charge in [0.15, 0.2) is 5.82 Å². The molecule has 0 bridgehead atoms. The lowest BCUT2D eigenvalue weighted by molar-refractivity contribution is 0.488. The number of anilines is 2. The minimum absolute atomic E-state index is 0.453. The molecule has 0 aliphatic heterocycles. The van der Waals surface area contributed by atoms with Gasteiger partial charge in [-0.1, -0.05) is 13.8 Å². The number of nitrogen functional groups attached to an aromatic ring is 1. The van der Waals surface area contributed by atoms with E-state index in [0.717, 1.165) is 6.54 Å². The van der Waals surface area contributed by atoms with E-state index in [9.17, 15) is 0 Å². The number of nitrogens with zero attached hydrogens (tertiary/aromatic N) is 4. The summed E-state index contributed by atoms with van der Waals surface area (Å²) < 4.78 is 1.69. The molecule has 0 spiro atoms. The Morgan fingerprint density at radius 2 is 2.13 bits per heavy atom. The van der Waals surface area contributed by atoms with E-state index in [-0.39, 0.29) is 0 Å². The normalized spacial score (nSPS) is 10.4. The van der Waals surface area contributed by atoms with Gasteiger partial charge in [-0.15, -0.1) is 0 Å². The van der Waals surface area contributed by atoms with Crippen molar-refractivity contribution in [2.75, 3.05) is 24.7 Å². The van der Waals surface area contributed by atoms with Crippen LogP contribution < -0.4 is 10.6 Å². The average molecular weight is 207 g/mol. The predicted molar refractivity (Wildman–Crippen MR) is 60.5 cm³/mol. The zero-order valence-electron chi connectivity index (χ0n) is 9.65. The molecular formula is C10H17N5. The maximum atomic E-state index is 8.99. The van der Waals surface area contributed by atoms with Crippen LogP contribution in [0.1, 0.15) is 19.4 Å². The van der Waals surface area contributed by atoms with E-state index >= 15 is 0 Å². The molecule has 0 unspecified atom stereocenters. The van der Waals surface area contributed by atoms with Crippen molar-refractivity contribution in [3.63, 3.8) is 0 Å². The summed E-state index contributed by atoms with van der Waals surface area (Å²) in [4.78, 5) is 1.80. The van der Waals surface area contributed by atoms with Crippen molar-refractivity contribution in [1.82, 2.24) is 9.78 Å². The lowest BCUT2D eigenvalue weighted by Gasteiger charge is -2.08. The Bertz CT molecular complexity index is 383. The van der Waals surface area contributed by atoms with Crippen molar-refractivity contribution in [2.24, 2.45) is 5.92 Å². The van der Waals surface area contributed by atoms with E-state index in [4.69, 9.17) is 11.0 Å². The number of hydrogen-bond donors (Lipinski definition) is 1. The van der Waals surface area contributed by atoms with Crippen LogP contribution in [0.3, 0.4) is 0 Å². The molecule has 0 aromatic carbocycles. The Balaban J connectivity index is 3.17. The first-order valence-corrected chi connectivity index (χ1v) is 4.91. The van der Waals surface area contributed by atoms with Crippen LogP contribution in [0.2, 0.25) is 0 Å². The van der Waals surface area contributed by atoms with Crippen molar-refractivity contribution in [2.45, 2.75) is 20.4 Å². The van der Waals surface area contributed by atoms with Crippen molar-refractivity contribution in [3.8, 4) is 6.07 Å². The molecule has 1 aromatic rings. The van der Waals surface area contributed by atoms with Crippen LogP contribution in [0.4, 0.5) is 11.6 Å². The lowest BCUT2D eigenvalue weighted by Crippen LogP contribution is -2.12. The van der Waals surface area contributed by atoms with Crippen LogP contribution in [0.15, 0.2) is 0 Å². The fourth-order valence-electron chi connectivity index (χ4n) is 1.37. The molecule has 15 heavy (non-hydrogen) atoms. The van der Waals surface area contributed by atoms with Gasteiger partial charge in [-0.05, 0) is 5.92 Å². The third-order valence-electron chi connectivity index (χ3n) is 2.05. The highest BCUT2D eigenvalue weighted by molar-refractivity contribution is 5.64. The topological polar surface area (TPSA) is 70.9 Å².